The summed E-state index contributed by atoms with van der Waals surface area (Å²) < 4.78 is 42.7. The van der Waals surface area contributed by atoms with E-state index >= 15 is 0 Å². The van der Waals surface area contributed by atoms with Gasteiger partial charge in [0.05, 0.1) is 23.0 Å². The van der Waals surface area contributed by atoms with Gasteiger partial charge >= 0.3 is 15.9 Å². The molecule has 28 heavy (non-hydrogen) atoms. The lowest BCUT2D eigenvalue weighted by Crippen LogP contribution is -2.49. The molecule has 0 radical (unpaired) electrons. The maximum atomic E-state index is 13.2. The van der Waals surface area contributed by atoms with Crippen LogP contribution in [0.3, 0.4) is 0 Å². The Morgan fingerprint density at radius 3 is 2.57 bits per heavy atom. The van der Waals surface area contributed by atoms with E-state index in [9.17, 15) is 22.4 Å². The number of aromatic nitrogens is 4. The molecule has 148 valence electrons. The van der Waals surface area contributed by atoms with Crippen molar-refractivity contribution in [2.45, 2.75) is 31.8 Å². The predicted molar refractivity (Wildman–Crippen MR) is 102 cm³/mol. The Morgan fingerprint density at radius 1 is 1.25 bits per heavy atom. The third kappa shape index (κ3) is 3.16. The van der Waals surface area contributed by atoms with E-state index in [-0.39, 0.29) is 17.4 Å². The lowest BCUT2D eigenvalue weighted by atomic mass is 10.2. The van der Waals surface area contributed by atoms with Crippen LogP contribution in [0.2, 0.25) is 0 Å². The zero-order valence-electron chi connectivity index (χ0n) is 14.8. The van der Waals surface area contributed by atoms with Crippen molar-refractivity contribution < 1.29 is 12.8 Å². The van der Waals surface area contributed by atoms with Crippen LogP contribution in [0.5, 0.6) is 0 Å². The minimum Gasteiger partial charge on any atom is -0.268 e. The number of para-hydroxylation sites is 1. The van der Waals surface area contributed by atoms with Gasteiger partial charge in [-0.15, -0.1) is 10.2 Å². The van der Waals surface area contributed by atoms with Crippen LogP contribution in [0.25, 0.3) is 10.9 Å². The fourth-order valence-electron chi connectivity index (χ4n) is 2.92. The molecule has 2 heterocycles. The topological polar surface area (TPSA) is 116 Å². The van der Waals surface area contributed by atoms with Gasteiger partial charge in [0.15, 0.2) is 0 Å². The van der Waals surface area contributed by atoms with E-state index in [0.29, 0.717) is 26.8 Å². The minimum atomic E-state index is -4.43. The summed E-state index contributed by atoms with van der Waals surface area (Å²) in [5.41, 5.74) is -2.92. The van der Waals surface area contributed by atoms with Crippen molar-refractivity contribution >= 4 is 32.4 Å². The van der Waals surface area contributed by atoms with Crippen molar-refractivity contribution in [1.82, 2.24) is 23.5 Å². The van der Waals surface area contributed by atoms with Crippen molar-refractivity contribution in [1.29, 1.82) is 0 Å². The van der Waals surface area contributed by atoms with Gasteiger partial charge in [0.25, 0.3) is 5.56 Å². The highest BCUT2D eigenvalue weighted by molar-refractivity contribution is 7.88. The molecule has 9 nitrogen and oxygen atoms in total. The molecule has 0 atom stereocenters. The summed E-state index contributed by atoms with van der Waals surface area (Å²) >= 11 is 1.20. The molecule has 1 saturated carbocycles. The molecule has 0 spiro atoms. The van der Waals surface area contributed by atoms with Gasteiger partial charge in [0.1, 0.15) is 16.7 Å². The van der Waals surface area contributed by atoms with Gasteiger partial charge in [-0.1, -0.05) is 23.5 Å². The van der Waals surface area contributed by atoms with Gasteiger partial charge in [0, 0.05) is 0 Å². The molecule has 12 heteroatoms. The third-order valence-electron chi connectivity index (χ3n) is 4.56. The summed E-state index contributed by atoms with van der Waals surface area (Å²) in [5.74, 6) is 0. The van der Waals surface area contributed by atoms with E-state index in [1.165, 1.54) is 29.5 Å². The number of nitrogens with zero attached hydrogens (tertiary/aromatic N) is 4. The van der Waals surface area contributed by atoms with Crippen LogP contribution in [0, 0.1) is 6.92 Å². The number of halogens is 1. The number of aryl methyl sites for hydroxylation is 1. The summed E-state index contributed by atoms with van der Waals surface area (Å²) in [6.07, 6.45) is 0.693. The van der Waals surface area contributed by atoms with Gasteiger partial charge < -0.3 is 0 Å². The molecule has 0 unspecified atom stereocenters. The predicted octanol–water partition coefficient (Wildman–Crippen LogP) is 0.556. The molecule has 1 aromatic carbocycles. The van der Waals surface area contributed by atoms with E-state index in [2.05, 4.69) is 14.9 Å². The average Bonchev–Trinajstić information content (AvgIpc) is 3.29. The largest absolute Gasteiger partial charge is 0.346 e. The zero-order valence-corrected chi connectivity index (χ0v) is 16.4. The Morgan fingerprint density at radius 2 is 1.96 bits per heavy atom. The minimum absolute atomic E-state index is 0.0545. The molecule has 2 aromatic heterocycles. The monoisotopic (exact) mass is 425 g/mol. The van der Waals surface area contributed by atoms with E-state index in [4.69, 9.17) is 0 Å². The smallest absolute Gasteiger partial charge is 0.268 e. The van der Waals surface area contributed by atoms with Crippen molar-refractivity contribution in [3.8, 4) is 0 Å². The molecule has 0 bridgehead atoms. The highest BCUT2D eigenvalue weighted by Crippen LogP contribution is 2.36. The zero-order chi connectivity index (χ0) is 20.1. The first kappa shape index (κ1) is 18.9. The van der Waals surface area contributed by atoms with Crippen LogP contribution < -0.4 is 16.0 Å². The second-order valence-electron chi connectivity index (χ2n) is 6.69. The highest BCUT2D eigenvalue weighted by atomic mass is 32.2. The maximum Gasteiger partial charge on any atom is 0.346 e. The highest BCUT2D eigenvalue weighted by Gasteiger charge is 2.47. The number of benzene rings is 1. The standard InChI is InChI=1S/C16H16FN5O4S2/c1-10-18-19-13(27-10)8-21-14(23)11-4-2-3-5-12(11)22(15(21)24)28(25,26)20-16(9-17)6-7-16/h2-5,20H,6-9H2,1H3. The molecule has 4 rings (SSSR count). The van der Waals surface area contributed by atoms with Crippen LogP contribution in [0.4, 0.5) is 4.39 Å². The SMILES string of the molecule is Cc1nnc(Cn2c(=O)c3ccccc3n(S(=O)(=O)NC3(CF)CC3)c2=O)s1. The van der Waals surface area contributed by atoms with Crippen molar-refractivity contribution in [2.75, 3.05) is 6.67 Å². The van der Waals surface area contributed by atoms with Gasteiger partial charge in [-0.05, 0) is 31.9 Å². The van der Waals surface area contributed by atoms with Crippen LogP contribution in [0.15, 0.2) is 33.9 Å². The lowest BCUT2D eigenvalue weighted by molar-refractivity contribution is 0.391. The van der Waals surface area contributed by atoms with Crippen LogP contribution in [-0.2, 0) is 16.8 Å². The van der Waals surface area contributed by atoms with E-state index in [1.807, 2.05) is 0 Å². The van der Waals surface area contributed by atoms with E-state index in [0.717, 1.165) is 4.57 Å². The second kappa shape index (κ2) is 6.57. The third-order valence-corrected chi connectivity index (χ3v) is 6.91. The van der Waals surface area contributed by atoms with E-state index in [1.54, 1.807) is 13.0 Å². The molecule has 1 aliphatic carbocycles. The molecule has 1 aliphatic rings. The lowest BCUT2D eigenvalue weighted by Gasteiger charge is -2.17. The van der Waals surface area contributed by atoms with Gasteiger partial charge in [-0.3, -0.25) is 9.36 Å². The Balaban J connectivity index is 1.95. The first-order valence-corrected chi connectivity index (χ1v) is 10.7. The summed E-state index contributed by atoms with van der Waals surface area (Å²) in [4.78, 5) is 25.8. The average molecular weight is 425 g/mol. The van der Waals surface area contributed by atoms with Gasteiger partial charge in [-0.25, -0.2) is 9.18 Å². The number of nitrogens with one attached hydrogen (secondary N) is 1. The number of alkyl halides is 1. The summed E-state index contributed by atoms with van der Waals surface area (Å²) in [6, 6.07) is 5.90. The van der Waals surface area contributed by atoms with Crippen molar-refractivity contribution in [3.63, 3.8) is 0 Å². The second-order valence-corrected chi connectivity index (χ2v) is 9.48. The van der Waals surface area contributed by atoms with Gasteiger partial charge in [-0.2, -0.15) is 17.1 Å². The molecule has 0 amide bonds. The van der Waals surface area contributed by atoms with E-state index < -0.39 is 33.7 Å². The maximum absolute atomic E-state index is 13.2. The van der Waals surface area contributed by atoms with Gasteiger partial charge in [0.2, 0.25) is 0 Å². The molecular formula is C16H16FN5O4S2. The van der Waals surface area contributed by atoms with Crippen molar-refractivity contribution in [2.24, 2.45) is 0 Å². The summed E-state index contributed by atoms with van der Waals surface area (Å²) in [7, 11) is -4.43. The van der Waals surface area contributed by atoms with Crippen LogP contribution >= 0.6 is 11.3 Å². The number of hydrogen-bond acceptors (Lipinski definition) is 7. The first-order chi connectivity index (χ1) is 13.3. The number of fused-ring (bicyclic) bond motifs is 1. The summed E-state index contributed by atoms with van der Waals surface area (Å²) in [6.45, 7) is 0.642. The molecule has 1 fully saturated rings. The first-order valence-electron chi connectivity index (χ1n) is 8.40. The summed E-state index contributed by atoms with van der Waals surface area (Å²) in [5, 5.41) is 8.84. The fourth-order valence-corrected chi connectivity index (χ4v) is 5.24. The number of rotatable bonds is 6. The normalized spacial score (nSPS) is 15.8. The number of hydrogen-bond donors (Lipinski definition) is 1. The molecule has 0 saturated heterocycles. The van der Waals surface area contributed by atoms with Crippen LogP contribution in [0.1, 0.15) is 22.9 Å². The Bertz CT molecular complexity index is 1290. The van der Waals surface area contributed by atoms with Crippen molar-refractivity contribution in [3.05, 3.63) is 55.1 Å². The molecule has 0 aliphatic heterocycles. The molecule has 1 N–H and O–H groups in total. The van der Waals surface area contributed by atoms with Crippen LogP contribution in [-0.4, -0.2) is 39.4 Å². The molecular weight excluding hydrogens is 409 g/mol. The Hall–Kier alpha value is -2.44. The quantitative estimate of drug-likeness (QED) is 0.617. The Labute approximate surface area is 162 Å². The Kier molecular flexibility index (Phi) is 4.43. The fraction of sp³-hybridized carbons (Fsp3) is 0.375. The molecule has 3 aromatic rings.